The van der Waals surface area contributed by atoms with Gasteiger partial charge >= 0.3 is 6.09 Å². The van der Waals surface area contributed by atoms with E-state index in [-0.39, 0.29) is 6.04 Å². The van der Waals surface area contributed by atoms with Crippen LogP contribution in [-0.4, -0.2) is 25.3 Å². The number of para-hydroxylation sites is 1. The summed E-state index contributed by atoms with van der Waals surface area (Å²) in [5.74, 6) is 0.553. The van der Waals surface area contributed by atoms with Gasteiger partial charge in [0.05, 0.1) is 12.6 Å². The Morgan fingerprint density at radius 1 is 1.38 bits per heavy atom. The van der Waals surface area contributed by atoms with Gasteiger partial charge in [0, 0.05) is 6.61 Å². The van der Waals surface area contributed by atoms with Gasteiger partial charge in [0.15, 0.2) is 0 Å². The molecule has 1 aromatic carbocycles. The molecule has 0 saturated carbocycles. The van der Waals surface area contributed by atoms with Gasteiger partial charge in [0.2, 0.25) is 0 Å². The molecule has 1 aromatic rings. The number of carbonyl (C=O) groups is 1. The molecule has 1 aliphatic rings. The molecule has 1 saturated heterocycles. The molecule has 0 spiro atoms. The third kappa shape index (κ3) is 3.24. The van der Waals surface area contributed by atoms with Crippen LogP contribution < -0.4 is 10.1 Å². The Balaban J connectivity index is 1.80. The molecule has 86 valence electrons. The van der Waals surface area contributed by atoms with Gasteiger partial charge < -0.3 is 14.8 Å². The monoisotopic (exact) mass is 221 g/mol. The lowest BCUT2D eigenvalue weighted by atomic mass is 10.1. The van der Waals surface area contributed by atoms with Crippen molar-refractivity contribution in [1.82, 2.24) is 5.32 Å². The minimum atomic E-state index is -0.415. The molecule has 1 fully saturated rings. The zero-order valence-corrected chi connectivity index (χ0v) is 9.02. The Kier molecular flexibility index (Phi) is 3.77. The van der Waals surface area contributed by atoms with Crippen molar-refractivity contribution in [2.45, 2.75) is 18.9 Å². The number of ether oxygens (including phenoxy) is 2. The van der Waals surface area contributed by atoms with Gasteiger partial charge in [-0.1, -0.05) is 18.2 Å². The van der Waals surface area contributed by atoms with Crippen LogP contribution in [0.25, 0.3) is 0 Å². The van der Waals surface area contributed by atoms with Crippen molar-refractivity contribution in [2.75, 3.05) is 13.2 Å². The summed E-state index contributed by atoms with van der Waals surface area (Å²) < 4.78 is 10.4. The van der Waals surface area contributed by atoms with Crippen LogP contribution in [0.2, 0.25) is 0 Å². The number of benzene rings is 1. The summed E-state index contributed by atoms with van der Waals surface area (Å²) >= 11 is 0. The molecule has 1 N–H and O–H groups in total. The van der Waals surface area contributed by atoms with E-state index in [0.717, 1.165) is 19.4 Å². The van der Waals surface area contributed by atoms with E-state index in [1.807, 2.05) is 18.2 Å². The van der Waals surface area contributed by atoms with E-state index in [4.69, 9.17) is 9.47 Å². The molecule has 0 radical (unpaired) electrons. The van der Waals surface area contributed by atoms with E-state index < -0.39 is 6.09 Å². The standard InChI is InChI=1S/C12H15NO3/c14-12(13-10-5-4-8-15-9-10)16-11-6-2-1-3-7-11/h1-3,6-7,10H,4-5,8-9H2,(H,13,14)/t10-/m0/s1. The summed E-state index contributed by atoms with van der Waals surface area (Å²) in [6.07, 6.45) is 1.52. The zero-order valence-electron chi connectivity index (χ0n) is 9.02. The molecular weight excluding hydrogens is 206 g/mol. The molecule has 1 amide bonds. The van der Waals surface area contributed by atoms with E-state index in [1.54, 1.807) is 12.1 Å². The van der Waals surface area contributed by atoms with Crippen molar-refractivity contribution in [3.63, 3.8) is 0 Å². The highest BCUT2D eigenvalue weighted by molar-refractivity contribution is 5.70. The third-order valence-corrected chi connectivity index (χ3v) is 2.44. The molecule has 0 unspecified atom stereocenters. The van der Waals surface area contributed by atoms with Gasteiger partial charge in [-0.15, -0.1) is 0 Å². The largest absolute Gasteiger partial charge is 0.412 e. The average molecular weight is 221 g/mol. The second-order valence-electron chi connectivity index (χ2n) is 3.76. The minimum Gasteiger partial charge on any atom is -0.410 e. The summed E-state index contributed by atoms with van der Waals surface area (Å²) in [5.41, 5.74) is 0. The summed E-state index contributed by atoms with van der Waals surface area (Å²) in [4.78, 5) is 11.5. The van der Waals surface area contributed by atoms with E-state index in [0.29, 0.717) is 12.4 Å². The Morgan fingerprint density at radius 2 is 2.19 bits per heavy atom. The first-order valence-corrected chi connectivity index (χ1v) is 5.46. The maximum atomic E-state index is 11.5. The predicted octanol–water partition coefficient (Wildman–Crippen LogP) is 1.95. The van der Waals surface area contributed by atoms with Crippen LogP contribution in [0.5, 0.6) is 5.75 Å². The first kappa shape index (κ1) is 11.0. The smallest absolute Gasteiger partial charge is 0.410 e. The maximum Gasteiger partial charge on any atom is 0.412 e. The summed E-state index contributed by atoms with van der Waals surface area (Å²) in [5, 5.41) is 2.78. The fourth-order valence-corrected chi connectivity index (χ4v) is 1.65. The maximum absolute atomic E-state index is 11.5. The van der Waals surface area contributed by atoms with Gasteiger partial charge in [-0.25, -0.2) is 4.79 Å². The number of amides is 1. The van der Waals surface area contributed by atoms with E-state index in [2.05, 4.69) is 5.32 Å². The fourth-order valence-electron chi connectivity index (χ4n) is 1.65. The Hall–Kier alpha value is -1.55. The van der Waals surface area contributed by atoms with Crippen molar-refractivity contribution in [2.24, 2.45) is 0 Å². The second-order valence-corrected chi connectivity index (χ2v) is 3.76. The number of nitrogens with one attached hydrogen (secondary N) is 1. The summed E-state index contributed by atoms with van der Waals surface area (Å²) in [6, 6.07) is 9.09. The van der Waals surface area contributed by atoms with E-state index >= 15 is 0 Å². The Labute approximate surface area is 94.6 Å². The molecular formula is C12H15NO3. The van der Waals surface area contributed by atoms with Crippen LogP contribution in [0.15, 0.2) is 30.3 Å². The molecule has 0 aliphatic carbocycles. The average Bonchev–Trinajstić information content (AvgIpc) is 2.31. The summed E-state index contributed by atoms with van der Waals surface area (Å²) in [6.45, 7) is 1.36. The normalized spacial score (nSPS) is 20.1. The highest BCUT2D eigenvalue weighted by Crippen LogP contribution is 2.10. The first-order chi connectivity index (χ1) is 7.84. The molecule has 0 aromatic heterocycles. The second kappa shape index (κ2) is 5.51. The molecule has 1 atom stereocenters. The molecule has 2 rings (SSSR count). The van der Waals surface area contributed by atoms with E-state index in [9.17, 15) is 4.79 Å². The number of rotatable bonds is 2. The number of carbonyl (C=O) groups excluding carboxylic acids is 1. The lowest BCUT2D eigenvalue weighted by Crippen LogP contribution is -2.41. The van der Waals surface area contributed by atoms with Gasteiger partial charge in [-0.3, -0.25) is 0 Å². The van der Waals surface area contributed by atoms with Crippen LogP contribution in [-0.2, 0) is 4.74 Å². The van der Waals surface area contributed by atoms with Gasteiger partial charge in [-0.05, 0) is 25.0 Å². The number of hydrogen-bond donors (Lipinski definition) is 1. The Morgan fingerprint density at radius 3 is 2.88 bits per heavy atom. The third-order valence-electron chi connectivity index (χ3n) is 2.44. The van der Waals surface area contributed by atoms with Crippen molar-refractivity contribution in [1.29, 1.82) is 0 Å². The highest BCUT2D eigenvalue weighted by Gasteiger charge is 2.16. The predicted molar refractivity (Wildman–Crippen MR) is 59.4 cm³/mol. The summed E-state index contributed by atoms with van der Waals surface area (Å²) in [7, 11) is 0. The highest BCUT2D eigenvalue weighted by atomic mass is 16.6. The molecule has 0 bridgehead atoms. The van der Waals surface area contributed by atoms with Crippen molar-refractivity contribution in [3.05, 3.63) is 30.3 Å². The van der Waals surface area contributed by atoms with Crippen LogP contribution in [0.4, 0.5) is 4.79 Å². The van der Waals surface area contributed by atoms with Crippen molar-refractivity contribution >= 4 is 6.09 Å². The van der Waals surface area contributed by atoms with Gasteiger partial charge in [0.25, 0.3) is 0 Å². The lowest BCUT2D eigenvalue weighted by Gasteiger charge is -2.22. The van der Waals surface area contributed by atoms with Crippen molar-refractivity contribution in [3.8, 4) is 5.75 Å². The van der Waals surface area contributed by atoms with Crippen LogP contribution in [0.3, 0.4) is 0 Å². The molecule has 1 heterocycles. The van der Waals surface area contributed by atoms with Crippen LogP contribution in [0, 0.1) is 0 Å². The molecule has 4 nitrogen and oxygen atoms in total. The fraction of sp³-hybridized carbons (Fsp3) is 0.417. The molecule has 1 aliphatic heterocycles. The topological polar surface area (TPSA) is 47.6 Å². The molecule has 4 heteroatoms. The Bertz CT molecular complexity index is 333. The zero-order chi connectivity index (χ0) is 11.2. The minimum absolute atomic E-state index is 0.0740. The first-order valence-electron chi connectivity index (χ1n) is 5.46. The van der Waals surface area contributed by atoms with Gasteiger partial charge in [0.1, 0.15) is 5.75 Å². The van der Waals surface area contributed by atoms with Crippen LogP contribution in [0.1, 0.15) is 12.8 Å². The quantitative estimate of drug-likeness (QED) is 0.830. The van der Waals surface area contributed by atoms with Crippen LogP contribution >= 0.6 is 0 Å². The number of hydrogen-bond acceptors (Lipinski definition) is 3. The SMILES string of the molecule is O=C(N[C@H]1CCCOC1)Oc1ccccc1. The lowest BCUT2D eigenvalue weighted by molar-refractivity contribution is 0.0703. The van der Waals surface area contributed by atoms with Crippen molar-refractivity contribution < 1.29 is 14.3 Å². The molecule has 16 heavy (non-hydrogen) atoms. The van der Waals surface area contributed by atoms with E-state index in [1.165, 1.54) is 0 Å². The van der Waals surface area contributed by atoms with Gasteiger partial charge in [-0.2, -0.15) is 0 Å².